The molecule has 3 heterocycles. The molecule has 15 heavy (non-hydrogen) atoms. The van der Waals surface area contributed by atoms with Crippen molar-refractivity contribution >= 4 is 16.2 Å². The Morgan fingerprint density at radius 2 is 2.40 bits per heavy atom. The van der Waals surface area contributed by atoms with Gasteiger partial charge in [0.1, 0.15) is 18.1 Å². The minimum absolute atomic E-state index is 0.127. The molecule has 80 valence electrons. The maximum atomic E-state index is 11.1. The van der Waals surface area contributed by atoms with Crippen LogP contribution in [0.4, 0.5) is 0 Å². The van der Waals surface area contributed by atoms with Gasteiger partial charge in [0, 0.05) is 12.5 Å². The summed E-state index contributed by atoms with van der Waals surface area (Å²) >= 11 is 0. The molecule has 0 aromatic carbocycles. The molecule has 5 heteroatoms. The second kappa shape index (κ2) is 2.88. The molecule has 1 atom stereocenters. The molecule has 1 aromatic rings. The predicted molar refractivity (Wildman–Crippen MR) is 55.1 cm³/mol. The summed E-state index contributed by atoms with van der Waals surface area (Å²) in [4.78, 5) is 11.1. The fourth-order valence-electron chi connectivity index (χ4n) is 2.34. The molecule has 0 N–H and O–H groups in total. The Balaban J connectivity index is 1.92. The van der Waals surface area contributed by atoms with Crippen molar-refractivity contribution in [2.24, 2.45) is 0 Å². The number of carbonyl (C=O) groups excluding carboxylic acids is 1. The lowest BCUT2D eigenvalue weighted by Crippen LogP contribution is -2.27. The molecule has 0 aliphatic carbocycles. The van der Waals surface area contributed by atoms with E-state index in [2.05, 4.69) is 0 Å². The van der Waals surface area contributed by atoms with E-state index in [0.29, 0.717) is 13.0 Å². The summed E-state index contributed by atoms with van der Waals surface area (Å²) in [6, 6.07) is 1.92. The monoisotopic (exact) mass is 224 g/mol. The molecule has 2 bridgehead atoms. The third-order valence-electron chi connectivity index (χ3n) is 3.08. The van der Waals surface area contributed by atoms with Gasteiger partial charge in [-0.1, -0.05) is 0 Å². The molecule has 0 radical (unpaired) electrons. The van der Waals surface area contributed by atoms with Crippen LogP contribution >= 0.6 is 0 Å². The predicted octanol–water partition coefficient (Wildman–Crippen LogP) is -0.278. The van der Waals surface area contributed by atoms with E-state index in [-0.39, 0.29) is 11.4 Å². The van der Waals surface area contributed by atoms with Crippen molar-refractivity contribution in [3.05, 3.63) is 17.6 Å². The van der Waals surface area contributed by atoms with Gasteiger partial charge in [0.25, 0.3) is 0 Å². The average Bonchev–Trinajstić information content (AvgIpc) is 2.83. The fourth-order valence-corrected chi connectivity index (χ4v) is 2.65. The molecule has 4 nitrogen and oxygen atoms in total. The number of hydrogen-bond donors (Lipinski definition) is 0. The van der Waals surface area contributed by atoms with Crippen molar-refractivity contribution in [2.45, 2.75) is 18.3 Å². The summed E-state index contributed by atoms with van der Waals surface area (Å²) in [6.45, 7) is 0.454. The van der Waals surface area contributed by atoms with Gasteiger partial charge in [-0.15, -0.1) is 0 Å². The Kier molecular flexibility index (Phi) is 1.73. The fraction of sp³-hybridized carbons (Fsp3) is 0.500. The van der Waals surface area contributed by atoms with E-state index in [1.807, 2.05) is 6.07 Å². The average molecular weight is 224 g/mol. The quantitative estimate of drug-likeness (QED) is 0.512. The van der Waals surface area contributed by atoms with Gasteiger partial charge < -0.3 is 13.9 Å². The lowest BCUT2D eigenvalue weighted by atomic mass is 9.79. The number of carbonyl (C=O) groups is 1. The largest absolute Gasteiger partial charge is 0.495 e. The van der Waals surface area contributed by atoms with Crippen LogP contribution < -0.4 is 4.74 Å². The minimum Gasteiger partial charge on any atom is -0.495 e. The van der Waals surface area contributed by atoms with Gasteiger partial charge in [-0.05, 0) is 0 Å². The summed E-state index contributed by atoms with van der Waals surface area (Å²) in [5, 5.41) is 0. The number of ether oxygens (including phenoxy) is 2. The number of rotatable bonds is 2. The van der Waals surface area contributed by atoms with Crippen LogP contribution in [0.1, 0.15) is 17.9 Å². The first-order chi connectivity index (χ1) is 7.23. The number of furan rings is 1. The molecule has 0 amide bonds. The van der Waals surface area contributed by atoms with Crippen LogP contribution in [0.2, 0.25) is 0 Å². The lowest BCUT2D eigenvalue weighted by molar-refractivity contribution is -0.137. The molecule has 1 unspecified atom stereocenters. The van der Waals surface area contributed by atoms with Crippen LogP contribution in [0.15, 0.2) is 10.5 Å². The van der Waals surface area contributed by atoms with Gasteiger partial charge >= 0.3 is 5.97 Å². The number of hydrogen-bond acceptors (Lipinski definition) is 4. The van der Waals surface area contributed by atoms with E-state index in [1.165, 1.54) is 0 Å². The summed E-state index contributed by atoms with van der Waals surface area (Å²) in [6.07, 6.45) is 1.96. The first-order valence-electron chi connectivity index (χ1n) is 5.15. The van der Waals surface area contributed by atoms with Crippen LogP contribution in [-0.4, -0.2) is 29.0 Å². The number of fused-ring (bicyclic) bond motifs is 3. The van der Waals surface area contributed by atoms with Crippen molar-refractivity contribution in [1.82, 2.24) is 0 Å². The third kappa shape index (κ3) is 1.16. The van der Waals surface area contributed by atoms with E-state index < -0.39 is 0 Å². The summed E-state index contributed by atoms with van der Waals surface area (Å²) in [5.41, 5.74) is -0.204. The van der Waals surface area contributed by atoms with Crippen molar-refractivity contribution in [2.75, 3.05) is 12.8 Å². The molecule has 2 aliphatic heterocycles. The molecule has 1 aromatic heterocycles. The molecular formula is C10H12O4Si. The summed E-state index contributed by atoms with van der Waals surface area (Å²) in [5.74, 6) is 2.45. The second-order valence-electron chi connectivity index (χ2n) is 4.13. The first-order valence-corrected chi connectivity index (χ1v) is 6.56. The van der Waals surface area contributed by atoms with Crippen LogP contribution in [0.5, 0.6) is 5.75 Å². The zero-order chi connectivity index (χ0) is 10.5. The highest BCUT2D eigenvalue weighted by Crippen LogP contribution is 2.47. The van der Waals surface area contributed by atoms with Crippen LogP contribution in [0.3, 0.4) is 0 Å². The Morgan fingerprint density at radius 1 is 1.53 bits per heavy atom. The van der Waals surface area contributed by atoms with E-state index >= 15 is 0 Å². The van der Waals surface area contributed by atoms with Crippen molar-refractivity contribution in [3.63, 3.8) is 0 Å². The van der Waals surface area contributed by atoms with Crippen molar-refractivity contribution in [1.29, 1.82) is 0 Å². The van der Waals surface area contributed by atoms with Gasteiger partial charge in [-0.3, -0.25) is 4.79 Å². The van der Waals surface area contributed by atoms with Crippen LogP contribution in [0, 0.1) is 0 Å². The zero-order valence-corrected chi connectivity index (χ0v) is 10.5. The summed E-state index contributed by atoms with van der Waals surface area (Å²) < 4.78 is 16.1. The number of esters is 1. The van der Waals surface area contributed by atoms with Gasteiger partial charge in [0.2, 0.25) is 0 Å². The topological polar surface area (TPSA) is 48.7 Å². The molecule has 1 saturated heterocycles. The second-order valence-corrected chi connectivity index (χ2v) is 4.70. The minimum atomic E-state index is -0.204. The molecular weight excluding hydrogens is 212 g/mol. The Morgan fingerprint density at radius 3 is 2.93 bits per heavy atom. The standard InChI is InChI=1S/C10H12O4Si/c11-9-3-10(4-12-9)2-7-6(13-5-15)1-8(10)14-7/h1H,2-5H2,15H3. The van der Waals surface area contributed by atoms with Crippen LogP contribution in [0.25, 0.3) is 0 Å². The summed E-state index contributed by atoms with van der Waals surface area (Å²) in [7, 11) is 1.01. The third-order valence-corrected chi connectivity index (χ3v) is 3.37. The van der Waals surface area contributed by atoms with Crippen LogP contribution in [-0.2, 0) is 21.4 Å². The smallest absolute Gasteiger partial charge is 0.306 e. The molecule has 1 spiro atoms. The highest BCUT2D eigenvalue weighted by atomic mass is 28.1. The maximum absolute atomic E-state index is 11.1. The Labute approximate surface area is 90.0 Å². The van der Waals surface area contributed by atoms with Gasteiger partial charge in [-0.25, -0.2) is 0 Å². The normalized spacial score (nSPS) is 27.6. The highest BCUT2D eigenvalue weighted by Gasteiger charge is 2.50. The van der Waals surface area contributed by atoms with E-state index in [9.17, 15) is 4.79 Å². The van der Waals surface area contributed by atoms with Gasteiger partial charge in [0.05, 0.1) is 28.3 Å². The highest BCUT2D eigenvalue weighted by molar-refractivity contribution is 6.08. The van der Waals surface area contributed by atoms with Crippen molar-refractivity contribution in [3.8, 4) is 5.75 Å². The zero-order valence-electron chi connectivity index (χ0n) is 8.54. The number of cyclic esters (lactones) is 1. The first kappa shape index (κ1) is 9.03. The lowest BCUT2D eigenvalue weighted by Gasteiger charge is -2.19. The Bertz CT molecular complexity index is 425. The maximum Gasteiger partial charge on any atom is 0.306 e. The Hall–Kier alpha value is -1.23. The molecule has 1 fully saturated rings. The SMILES string of the molecule is O=C1CC2(CO1)Cc1oc2cc1OC[SiH3]. The molecule has 0 saturated carbocycles. The molecule has 2 aliphatic rings. The van der Waals surface area contributed by atoms with E-state index in [0.717, 1.165) is 40.2 Å². The van der Waals surface area contributed by atoms with Gasteiger partial charge in [-0.2, -0.15) is 0 Å². The molecule has 3 rings (SSSR count). The van der Waals surface area contributed by atoms with Crippen molar-refractivity contribution < 1.29 is 18.7 Å². The van der Waals surface area contributed by atoms with E-state index in [4.69, 9.17) is 13.9 Å². The van der Waals surface area contributed by atoms with E-state index in [1.54, 1.807) is 0 Å². The van der Waals surface area contributed by atoms with Gasteiger partial charge in [0.15, 0.2) is 5.75 Å².